The summed E-state index contributed by atoms with van der Waals surface area (Å²) in [5.41, 5.74) is 10.8. The van der Waals surface area contributed by atoms with Gasteiger partial charge in [0.25, 0.3) is 5.91 Å². The van der Waals surface area contributed by atoms with Gasteiger partial charge in [0, 0.05) is 10.9 Å². The molecule has 0 radical (unpaired) electrons. The van der Waals surface area contributed by atoms with E-state index in [2.05, 4.69) is 26.8 Å². The van der Waals surface area contributed by atoms with Gasteiger partial charge in [0.2, 0.25) is 11.8 Å². The third kappa shape index (κ3) is 6.26. The quantitative estimate of drug-likeness (QED) is 0.500. The third-order valence-corrected chi connectivity index (χ3v) is 3.70. The van der Waals surface area contributed by atoms with Gasteiger partial charge in [-0.15, -0.1) is 0 Å². The van der Waals surface area contributed by atoms with Crippen molar-refractivity contribution >= 4 is 33.7 Å². The van der Waals surface area contributed by atoms with E-state index < -0.39 is 17.7 Å². The average molecular weight is 370 g/mol. The first-order valence-corrected chi connectivity index (χ1v) is 7.85. The van der Waals surface area contributed by atoms with Crippen LogP contribution in [-0.2, 0) is 20.8 Å². The molecule has 120 valence electrons. The molecule has 1 aromatic carbocycles. The Morgan fingerprint density at radius 1 is 1.18 bits per heavy atom. The van der Waals surface area contributed by atoms with Crippen LogP contribution in [0.2, 0.25) is 0 Å². The largest absolute Gasteiger partial charge is 0.369 e. The zero-order valence-electron chi connectivity index (χ0n) is 12.4. The van der Waals surface area contributed by atoms with E-state index in [0.29, 0.717) is 12.8 Å². The van der Waals surface area contributed by atoms with Gasteiger partial charge in [0.1, 0.15) is 5.92 Å². The normalized spacial score (nSPS) is 11.5. The number of nitrogens with one attached hydrogen (secondary N) is 2. The van der Waals surface area contributed by atoms with Crippen molar-refractivity contribution in [2.24, 2.45) is 11.7 Å². The Morgan fingerprint density at radius 2 is 1.82 bits per heavy atom. The minimum absolute atomic E-state index is 0.281. The smallest absolute Gasteiger partial charge is 0.250 e. The van der Waals surface area contributed by atoms with Gasteiger partial charge < -0.3 is 5.73 Å². The van der Waals surface area contributed by atoms with E-state index in [1.54, 1.807) is 6.92 Å². The van der Waals surface area contributed by atoms with Crippen molar-refractivity contribution in [1.29, 1.82) is 0 Å². The number of hydrogen-bond donors (Lipinski definition) is 3. The van der Waals surface area contributed by atoms with Gasteiger partial charge in [-0.2, -0.15) is 0 Å². The first-order valence-electron chi connectivity index (χ1n) is 7.06. The predicted molar refractivity (Wildman–Crippen MR) is 86.3 cm³/mol. The second-order valence-electron chi connectivity index (χ2n) is 4.88. The lowest BCUT2D eigenvalue weighted by Crippen LogP contribution is -2.47. The molecule has 1 aromatic rings. The van der Waals surface area contributed by atoms with Crippen molar-refractivity contribution in [1.82, 2.24) is 10.9 Å². The van der Waals surface area contributed by atoms with Crippen LogP contribution in [0.15, 0.2) is 28.7 Å². The van der Waals surface area contributed by atoms with E-state index in [1.165, 1.54) is 0 Å². The Bertz CT molecular complexity index is 531. The molecule has 7 heteroatoms. The Balaban J connectivity index is 2.27. The van der Waals surface area contributed by atoms with Crippen LogP contribution in [0.1, 0.15) is 31.7 Å². The molecule has 1 atom stereocenters. The summed E-state index contributed by atoms with van der Waals surface area (Å²) in [6, 6.07) is 7.87. The van der Waals surface area contributed by atoms with Crippen LogP contribution in [0, 0.1) is 5.92 Å². The number of hydrogen-bond acceptors (Lipinski definition) is 3. The van der Waals surface area contributed by atoms with E-state index in [1.807, 2.05) is 24.3 Å². The van der Waals surface area contributed by atoms with E-state index in [-0.39, 0.29) is 12.3 Å². The predicted octanol–water partition coefficient (Wildman–Crippen LogP) is 1.43. The lowest BCUT2D eigenvalue weighted by Gasteiger charge is -2.12. The highest BCUT2D eigenvalue weighted by Gasteiger charge is 2.22. The van der Waals surface area contributed by atoms with Crippen LogP contribution in [-0.4, -0.2) is 17.7 Å². The summed E-state index contributed by atoms with van der Waals surface area (Å²) in [4.78, 5) is 34.3. The van der Waals surface area contributed by atoms with Gasteiger partial charge in [-0.05, 0) is 37.0 Å². The first-order chi connectivity index (χ1) is 10.4. The Hall–Kier alpha value is -1.89. The van der Waals surface area contributed by atoms with Crippen LogP contribution in [0.25, 0.3) is 0 Å². The number of benzene rings is 1. The standard InChI is InChI=1S/C15H20BrN3O3/c1-2-12(14(17)21)15(22)19-18-13(20)5-3-4-10-6-8-11(16)9-7-10/h6-9,12H,2-5H2,1H3,(H2,17,21)(H,18,20)(H,19,22). The molecule has 0 saturated heterocycles. The third-order valence-electron chi connectivity index (χ3n) is 3.18. The number of rotatable bonds is 7. The van der Waals surface area contributed by atoms with Crippen molar-refractivity contribution in [3.05, 3.63) is 34.3 Å². The van der Waals surface area contributed by atoms with Crippen molar-refractivity contribution in [2.45, 2.75) is 32.6 Å². The number of carbonyl (C=O) groups excluding carboxylic acids is 3. The Labute approximate surface area is 137 Å². The van der Waals surface area contributed by atoms with Crippen molar-refractivity contribution in [3.8, 4) is 0 Å². The highest BCUT2D eigenvalue weighted by Crippen LogP contribution is 2.12. The van der Waals surface area contributed by atoms with Gasteiger partial charge in [-0.25, -0.2) is 0 Å². The molecule has 3 amide bonds. The van der Waals surface area contributed by atoms with Gasteiger partial charge in [0.15, 0.2) is 0 Å². The minimum Gasteiger partial charge on any atom is -0.369 e. The van der Waals surface area contributed by atoms with Crippen LogP contribution in [0.5, 0.6) is 0 Å². The van der Waals surface area contributed by atoms with Crippen LogP contribution in [0.3, 0.4) is 0 Å². The van der Waals surface area contributed by atoms with Crippen molar-refractivity contribution in [3.63, 3.8) is 0 Å². The van der Waals surface area contributed by atoms with E-state index >= 15 is 0 Å². The monoisotopic (exact) mass is 369 g/mol. The fraction of sp³-hybridized carbons (Fsp3) is 0.400. The molecule has 0 bridgehead atoms. The minimum atomic E-state index is -0.928. The second-order valence-corrected chi connectivity index (χ2v) is 5.80. The molecule has 1 rings (SSSR count). The maximum atomic E-state index is 11.6. The number of halogens is 1. The highest BCUT2D eigenvalue weighted by atomic mass is 79.9. The maximum absolute atomic E-state index is 11.6. The van der Waals surface area contributed by atoms with Crippen molar-refractivity contribution < 1.29 is 14.4 Å². The zero-order valence-corrected chi connectivity index (χ0v) is 14.0. The molecule has 0 aromatic heterocycles. The molecule has 0 aliphatic heterocycles. The molecule has 0 spiro atoms. The SMILES string of the molecule is CCC(C(N)=O)C(=O)NNC(=O)CCCc1ccc(Br)cc1. The Kier molecular flexibility index (Phi) is 7.59. The maximum Gasteiger partial charge on any atom is 0.250 e. The molecule has 0 aliphatic rings. The molecule has 0 heterocycles. The number of carbonyl (C=O) groups is 3. The number of hydrazine groups is 1. The summed E-state index contributed by atoms with van der Waals surface area (Å²) in [5, 5.41) is 0. The zero-order chi connectivity index (χ0) is 16.5. The lowest BCUT2D eigenvalue weighted by atomic mass is 10.1. The summed E-state index contributed by atoms with van der Waals surface area (Å²) in [5.74, 6) is -2.52. The van der Waals surface area contributed by atoms with Crippen LogP contribution >= 0.6 is 15.9 Å². The molecule has 6 nitrogen and oxygen atoms in total. The van der Waals surface area contributed by atoms with E-state index in [4.69, 9.17) is 5.73 Å². The van der Waals surface area contributed by atoms with Gasteiger partial charge in [-0.1, -0.05) is 35.0 Å². The summed E-state index contributed by atoms with van der Waals surface area (Å²) in [6.07, 6.45) is 2.01. The fourth-order valence-corrected chi connectivity index (χ4v) is 2.17. The van der Waals surface area contributed by atoms with E-state index in [9.17, 15) is 14.4 Å². The summed E-state index contributed by atoms with van der Waals surface area (Å²) in [7, 11) is 0. The molecule has 22 heavy (non-hydrogen) atoms. The topological polar surface area (TPSA) is 101 Å². The van der Waals surface area contributed by atoms with Crippen molar-refractivity contribution in [2.75, 3.05) is 0 Å². The number of primary amides is 1. The molecule has 0 saturated carbocycles. The molecule has 1 unspecified atom stereocenters. The first kappa shape index (κ1) is 18.2. The summed E-state index contributed by atoms with van der Waals surface area (Å²) in [6.45, 7) is 1.68. The van der Waals surface area contributed by atoms with Gasteiger partial charge in [0.05, 0.1) is 0 Å². The molecule has 4 N–H and O–H groups in total. The summed E-state index contributed by atoms with van der Waals surface area (Å²) >= 11 is 3.36. The molecule has 0 aliphatic carbocycles. The van der Waals surface area contributed by atoms with Crippen LogP contribution in [0.4, 0.5) is 0 Å². The lowest BCUT2D eigenvalue weighted by molar-refractivity contribution is -0.136. The number of nitrogens with two attached hydrogens (primary N) is 1. The Morgan fingerprint density at radius 3 is 2.36 bits per heavy atom. The van der Waals surface area contributed by atoms with Gasteiger partial charge >= 0.3 is 0 Å². The molecular formula is C15H20BrN3O3. The van der Waals surface area contributed by atoms with Crippen LogP contribution < -0.4 is 16.6 Å². The number of aryl methyl sites for hydroxylation is 1. The van der Waals surface area contributed by atoms with E-state index in [0.717, 1.165) is 16.5 Å². The fourth-order valence-electron chi connectivity index (χ4n) is 1.90. The van der Waals surface area contributed by atoms with Gasteiger partial charge in [-0.3, -0.25) is 25.2 Å². The number of amides is 3. The summed E-state index contributed by atoms with van der Waals surface area (Å²) < 4.78 is 1.01. The molecule has 0 fully saturated rings. The second kappa shape index (κ2) is 9.19. The highest BCUT2D eigenvalue weighted by molar-refractivity contribution is 9.10. The average Bonchev–Trinajstić information content (AvgIpc) is 2.47. The molecular weight excluding hydrogens is 350 g/mol.